The fraction of sp³-hybridized carbons (Fsp3) is 0.583. The summed E-state index contributed by atoms with van der Waals surface area (Å²) in [6.07, 6.45) is 9.38. The number of amides is 1. The molecule has 7 nitrogen and oxygen atoms in total. The van der Waals surface area contributed by atoms with Crippen molar-refractivity contribution in [2.24, 2.45) is 5.92 Å². The molecule has 1 aromatic carbocycles. The lowest BCUT2D eigenvalue weighted by Gasteiger charge is -2.31. The molecule has 1 saturated heterocycles. The summed E-state index contributed by atoms with van der Waals surface area (Å²) in [4.78, 5) is 19.2. The van der Waals surface area contributed by atoms with E-state index >= 15 is 0 Å². The third-order valence-electron chi connectivity index (χ3n) is 6.98. The summed E-state index contributed by atoms with van der Waals surface area (Å²) in [5.74, 6) is 2.63. The Labute approximate surface area is 182 Å². The van der Waals surface area contributed by atoms with Crippen LogP contribution in [-0.2, 0) is 4.79 Å². The highest BCUT2D eigenvalue weighted by atomic mass is 16.5. The van der Waals surface area contributed by atoms with Crippen molar-refractivity contribution in [3.8, 4) is 11.4 Å². The summed E-state index contributed by atoms with van der Waals surface area (Å²) in [6.45, 7) is 5.81. The van der Waals surface area contributed by atoms with Gasteiger partial charge in [0.2, 0.25) is 17.6 Å². The minimum atomic E-state index is 0.224. The zero-order valence-electron chi connectivity index (χ0n) is 18.5. The van der Waals surface area contributed by atoms with Crippen molar-refractivity contribution in [1.29, 1.82) is 0 Å². The normalized spacial score (nSPS) is 18.1. The standard InChI is InChI=1S/C24H31N5O2/c1-16(2)29-21-14-19(7-8-20(21)15-25-29)23-26-24(31-27-23)18-10-12-28(13-11-18)22(30)9-6-17-4-3-5-17/h7-8,14-18H,3-6,9-13H2,1-2H3. The largest absolute Gasteiger partial charge is 0.343 e. The van der Waals surface area contributed by atoms with Gasteiger partial charge in [0, 0.05) is 42.4 Å². The topological polar surface area (TPSA) is 77.0 Å². The summed E-state index contributed by atoms with van der Waals surface area (Å²) < 4.78 is 7.65. The molecule has 1 saturated carbocycles. The number of carbonyl (C=O) groups excluding carboxylic acids is 1. The number of carbonyl (C=O) groups is 1. The van der Waals surface area contributed by atoms with Crippen LogP contribution in [0.2, 0.25) is 0 Å². The molecule has 0 unspecified atom stereocenters. The molecular formula is C24H31N5O2. The molecule has 0 bridgehead atoms. The summed E-state index contributed by atoms with van der Waals surface area (Å²) >= 11 is 0. The highest BCUT2D eigenvalue weighted by Crippen LogP contribution is 2.32. The predicted octanol–water partition coefficient (Wildman–Crippen LogP) is 4.95. The van der Waals surface area contributed by atoms with Gasteiger partial charge in [-0.2, -0.15) is 10.1 Å². The number of benzene rings is 1. The van der Waals surface area contributed by atoms with Gasteiger partial charge in [0.1, 0.15) is 0 Å². The van der Waals surface area contributed by atoms with Gasteiger partial charge >= 0.3 is 0 Å². The van der Waals surface area contributed by atoms with Crippen LogP contribution >= 0.6 is 0 Å². The van der Waals surface area contributed by atoms with Crippen molar-refractivity contribution >= 4 is 16.8 Å². The van der Waals surface area contributed by atoms with Gasteiger partial charge in [-0.1, -0.05) is 36.6 Å². The molecule has 0 radical (unpaired) electrons. The molecule has 1 aliphatic heterocycles. The molecular weight excluding hydrogens is 390 g/mol. The minimum absolute atomic E-state index is 0.224. The average molecular weight is 422 g/mol. The van der Waals surface area contributed by atoms with Gasteiger partial charge in [-0.3, -0.25) is 9.48 Å². The van der Waals surface area contributed by atoms with Gasteiger partial charge in [0.25, 0.3) is 0 Å². The molecule has 2 fully saturated rings. The molecule has 1 aliphatic carbocycles. The maximum absolute atomic E-state index is 12.5. The Bertz CT molecular complexity index is 1060. The number of fused-ring (bicyclic) bond motifs is 1. The lowest BCUT2D eigenvalue weighted by atomic mass is 9.82. The highest BCUT2D eigenvalue weighted by Gasteiger charge is 2.28. The van der Waals surface area contributed by atoms with E-state index in [-0.39, 0.29) is 12.0 Å². The Balaban J connectivity index is 1.22. The third-order valence-corrected chi connectivity index (χ3v) is 6.98. The molecule has 3 aromatic rings. The fourth-order valence-electron chi connectivity index (χ4n) is 4.75. The van der Waals surface area contributed by atoms with Crippen molar-refractivity contribution in [1.82, 2.24) is 24.8 Å². The Morgan fingerprint density at radius 3 is 2.71 bits per heavy atom. The first kappa shape index (κ1) is 20.2. The van der Waals surface area contributed by atoms with Gasteiger partial charge in [-0.25, -0.2) is 0 Å². The van der Waals surface area contributed by atoms with Crippen molar-refractivity contribution in [3.63, 3.8) is 0 Å². The molecule has 5 rings (SSSR count). The van der Waals surface area contributed by atoms with E-state index < -0.39 is 0 Å². The number of rotatable bonds is 6. The Kier molecular flexibility index (Phi) is 5.50. The lowest BCUT2D eigenvalue weighted by molar-refractivity contribution is -0.132. The number of hydrogen-bond donors (Lipinski definition) is 0. The van der Waals surface area contributed by atoms with Gasteiger partial charge in [0.15, 0.2) is 0 Å². The van der Waals surface area contributed by atoms with E-state index in [4.69, 9.17) is 9.51 Å². The molecule has 31 heavy (non-hydrogen) atoms. The van der Waals surface area contributed by atoms with Crippen LogP contribution in [0.3, 0.4) is 0 Å². The first-order valence-corrected chi connectivity index (χ1v) is 11.7. The molecule has 0 atom stereocenters. The molecule has 2 aliphatic rings. The van der Waals surface area contributed by atoms with Crippen LogP contribution in [0.1, 0.15) is 76.6 Å². The molecule has 0 N–H and O–H groups in total. The van der Waals surface area contributed by atoms with Crippen molar-refractivity contribution < 1.29 is 9.32 Å². The summed E-state index contributed by atoms with van der Waals surface area (Å²) in [5.41, 5.74) is 2.01. The van der Waals surface area contributed by atoms with Crippen molar-refractivity contribution in [2.45, 2.75) is 70.8 Å². The van der Waals surface area contributed by atoms with Crippen LogP contribution in [0.4, 0.5) is 0 Å². The number of likely N-dealkylation sites (tertiary alicyclic amines) is 1. The average Bonchev–Trinajstić information content (AvgIpc) is 3.39. The van der Waals surface area contributed by atoms with E-state index in [0.717, 1.165) is 54.7 Å². The van der Waals surface area contributed by atoms with Crippen LogP contribution in [0.5, 0.6) is 0 Å². The molecule has 1 amide bonds. The van der Waals surface area contributed by atoms with Crippen LogP contribution < -0.4 is 0 Å². The van der Waals surface area contributed by atoms with E-state index in [9.17, 15) is 4.79 Å². The van der Waals surface area contributed by atoms with E-state index in [2.05, 4.69) is 36.2 Å². The van der Waals surface area contributed by atoms with Crippen LogP contribution in [0.25, 0.3) is 22.3 Å². The van der Waals surface area contributed by atoms with Crippen molar-refractivity contribution in [3.05, 3.63) is 30.3 Å². The maximum Gasteiger partial charge on any atom is 0.230 e. The second kappa shape index (κ2) is 8.44. The molecule has 3 heterocycles. The third kappa shape index (κ3) is 4.10. The summed E-state index contributed by atoms with van der Waals surface area (Å²) in [6, 6.07) is 6.45. The quantitative estimate of drug-likeness (QED) is 0.563. The van der Waals surface area contributed by atoms with Crippen LogP contribution in [-0.4, -0.2) is 43.8 Å². The second-order valence-corrected chi connectivity index (χ2v) is 9.40. The zero-order chi connectivity index (χ0) is 21.4. The first-order chi connectivity index (χ1) is 15.1. The molecule has 2 aromatic heterocycles. The number of nitrogens with zero attached hydrogens (tertiary/aromatic N) is 5. The van der Waals surface area contributed by atoms with E-state index in [1.807, 2.05) is 21.8 Å². The van der Waals surface area contributed by atoms with E-state index in [1.165, 1.54) is 19.3 Å². The summed E-state index contributed by atoms with van der Waals surface area (Å²) in [7, 11) is 0. The maximum atomic E-state index is 12.5. The first-order valence-electron chi connectivity index (χ1n) is 11.7. The van der Waals surface area contributed by atoms with E-state index in [1.54, 1.807) is 0 Å². The number of piperidine rings is 1. The van der Waals surface area contributed by atoms with Crippen molar-refractivity contribution in [2.75, 3.05) is 13.1 Å². The molecule has 7 heteroatoms. The minimum Gasteiger partial charge on any atom is -0.343 e. The highest BCUT2D eigenvalue weighted by molar-refractivity contribution is 5.83. The van der Waals surface area contributed by atoms with Gasteiger partial charge < -0.3 is 9.42 Å². The van der Waals surface area contributed by atoms with E-state index in [0.29, 0.717) is 24.0 Å². The fourth-order valence-corrected chi connectivity index (χ4v) is 4.75. The van der Waals surface area contributed by atoms with Crippen LogP contribution in [0.15, 0.2) is 28.9 Å². The SMILES string of the molecule is CC(C)n1ncc2ccc(-c3noc(C4CCN(C(=O)CCC5CCC5)CC4)n3)cc21. The smallest absolute Gasteiger partial charge is 0.230 e. The van der Waals surface area contributed by atoms with Crippen LogP contribution in [0, 0.1) is 5.92 Å². The van der Waals surface area contributed by atoms with Gasteiger partial charge in [0.05, 0.1) is 11.7 Å². The summed E-state index contributed by atoms with van der Waals surface area (Å²) in [5, 5.41) is 9.84. The molecule has 164 valence electrons. The molecule has 0 spiro atoms. The monoisotopic (exact) mass is 421 g/mol. The Hall–Kier alpha value is -2.70. The van der Waals surface area contributed by atoms with Gasteiger partial charge in [-0.05, 0) is 45.1 Å². The Morgan fingerprint density at radius 2 is 2.00 bits per heavy atom. The second-order valence-electron chi connectivity index (χ2n) is 9.40. The zero-order valence-corrected chi connectivity index (χ0v) is 18.5. The van der Waals surface area contributed by atoms with Gasteiger partial charge in [-0.15, -0.1) is 0 Å². The number of hydrogen-bond acceptors (Lipinski definition) is 5. The lowest BCUT2D eigenvalue weighted by Crippen LogP contribution is -2.38. The number of aromatic nitrogens is 4. The predicted molar refractivity (Wildman–Crippen MR) is 119 cm³/mol. The Morgan fingerprint density at radius 1 is 1.19 bits per heavy atom.